The molecule has 18 nitrogen and oxygen atoms in total. The fourth-order valence-corrected chi connectivity index (χ4v) is 13.7. The molecule has 0 radical (unpaired) electrons. The first-order valence-corrected chi connectivity index (χ1v) is 30.4. The number of unbranched alkanes of at least 4 members (excludes halogenated alkanes) is 12. The van der Waals surface area contributed by atoms with Crippen molar-refractivity contribution in [2.75, 3.05) is 6.61 Å². The number of Topliss-reactive ketones (excluding diaryl/α,β-unsaturated/α-hetero) is 1. The molecular formula is C67H87NO17. The van der Waals surface area contributed by atoms with Gasteiger partial charge < -0.3 is 49.1 Å². The Morgan fingerprint density at radius 2 is 1.27 bits per heavy atom. The Balaban J connectivity index is 1.27. The molecule has 4 N–H and O–H groups in total. The Morgan fingerprint density at radius 3 is 1.80 bits per heavy atom. The predicted molar refractivity (Wildman–Crippen MR) is 312 cm³/mol. The van der Waals surface area contributed by atoms with Crippen molar-refractivity contribution >= 4 is 47.5 Å². The number of fused-ring (bicyclic) bond motifs is 5. The van der Waals surface area contributed by atoms with E-state index in [1.54, 1.807) is 92.7 Å². The number of aliphatic carboxylic acids is 1. The van der Waals surface area contributed by atoms with Gasteiger partial charge in [0.2, 0.25) is 6.10 Å². The lowest BCUT2D eigenvalue weighted by molar-refractivity contribution is -0.346. The van der Waals surface area contributed by atoms with E-state index in [1.165, 1.54) is 70.9 Å². The SMILES string of the molecule is CCCCCCCCCCCCCCCC(CC(=O)O)CC(=O)O[C@@H](C(=O)OC1C[C@@]2(O)C(OC(=O)c3ccccc3)C3[C@](C)(C(=O)[C@H](OC(C)=O)C(=C1C)C2(C)C)[C@@H](O)C[C@H]1OC[C@@]31OC(C)=O)C(NC(=O)c1ccccc1)c1ccccc1. The normalized spacial score (nSPS) is 26.7. The minimum atomic E-state index is -2.50. The fraction of sp³-hybridized carbons (Fsp3) is 0.582. The van der Waals surface area contributed by atoms with Crippen LogP contribution in [-0.2, 0) is 57.2 Å². The molecule has 5 unspecified atom stereocenters. The average Bonchev–Trinajstić information content (AvgIpc) is 0.685. The molecule has 1 amide bonds. The minimum absolute atomic E-state index is 0.0333. The highest BCUT2D eigenvalue weighted by molar-refractivity contribution is 5.96. The second-order valence-corrected chi connectivity index (χ2v) is 24.5. The summed E-state index contributed by atoms with van der Waals surface area (Å²) in [5.41, 5.74) is -7.66. The molecule has 0 aromatic heterocycles. The third-order valence-corrected chi connectivity index (χ3v) is 18.4. The molecule has 3 aromatic rings. The van der Waals surface area contributed by atoms with E-state index in [0.29, 0.717) is 18.4 Å². The molecule has 7 rings (SSSR count). The monoisotopic (exact) mass is 1180 g/mol. The van der Waals surface area contributed by atoms with Gasteiger partial charge in [-0.3, -0.25) is 28.8 Å². The van der Waals surface area contributed by atoms with Crippen LogP contribution in [0.4, 0.5) is 0 Å². The second kappa shape index (κ2) is 29.1. The Bertz CT molecular complexity index is 2860. The van der Waals surface area contributed by atoms with Gasteiger partial charge in [-0.05, 0) is 67.2 Å². The van der Waals surface area contributed by atoms with Gasteiger partial charge in [0.15, 0.2) is 17.5 Å². The van der Waals surface area contributed by atoms with Crippen LogP contribution >= 0.6 is 0 Å². The molecule has 3 aliphatic carbocycles. The number of benzene rings is 3. The van der Waals surface area contributed by atoms with Crippen LogP contribution < -0.4 is 5.32 Å². The van der Waals surface area contributed by atoms with Crippen LogP contribution in [0.3, 0.4) is 0 Å². The molecule has 1 saturated heterocycles. The first kappa shape index (κ1) is 65.8. The Kier molecular flexibility index (Phi) is 22.5. The van der Waals surface area contributed by atoms with E-state index in [1.807, 2.05) is 0 Å². The summed E-state index contributed by atoms with van der Waals surface area (Å²) in [6, 6.07) is 22.7. The number of ether oxygens (including phenoxy) is 6. The van der Waals surface area contributed by atoms with E-state index in [9.17, 15) is 44.1 Å². The van der Waals surface area contributed by atoms with Crippen LogP contribution in [0.1, 0.15) is 196 Å². The molecule has 12 atom stereocenters. The van der Waals surface area contributed by atoms with E-state index < -0.39 is 137 Å². The lowest BCUT2D eigenvalue weighted by Gasteiger charge is -2.67. The van der Waals surface area contributed by atoms with Crippen LogP contribution in [-0.4, -0.2) is 117 Å². The zero-order valence-electron chi connectivity index (χ0n) is 50.3. The molecule has 1 aliphatic heterocycles. The summed E-state index contributed by atoms with van der Waals surface area (Å²) in [4.78, 5) is 114. The van der Waals surface area contributed by atoms with Crippen molar-refractivity contribution in [3.8, 4) is 0 Å². The molecule has 4 aliphatic rings. The van der Waals surface area contributed by atoms with Crippen molar-refractivity contribution in [2.45, 2.75) is 218 Å². The summed E-state index contributed by atoms with van der Waals surface area (Å²) < 4.78 is 37.3. The quantitative estimate of drug-likeness (QED) is 0.0218. The summed E-state index contributed by atoms with van der Waals surface area (Å²) in [6.45, 7) is 10.1. The van der Waals surface area contributed by atoms with Gasteiger partial charge in [0, 0.05) is 50.5 Å². The Hall–Kier alpha value is -6.76. The van der Waals surface area contributed by atoms with Crippen LogP contribution in [0.2, 0.25) is 0 Å². The number of nitrogens with one attached hydrogen (secondary N) is 1. The number of ketones is 1. The Labute approximate surface area is 499 Å². The maximum Gasteiger partial charge on any atom is 0.350 e. The molecule has 18 heteroatoms. The highest BCUT2D eigenvalue weighted by Gasteiger charge is 2.78. The number of amides is 1. The average molecular weight is 1180 g/mol. The van der Waals surface area contributed by atoms with Crippen LogP contribution in [0.5, 0.6) is 0 Å². The maximum absolute atomic E-state index is 15.9. The van der Waals surface area contributed by atoms with Gasteiger partial charge in [-0.15, -0.1) is 0 Å². The number of carboxylic acid groups (broad SMARTS) is 1. The number of aliphatic hydroxyl groups is 2. The van der Waals surface area contributed by atoms with Crippen molar-refractivity contribution in [3.05, 3.63) is 119 Å². The highest BCUT2D eigenvalue weighted by Crippen LogP contribution is 2.64. The number of carbonyl (C=O) groups excluding carboxylic acids is 7. The topological polar surface area (TPSA) is 265 Å². The van der Waals surface area contributed by atoms with Crippen LogP contribution in [0, 0.1) is 22.7 Å². The molecule has 462 valence electrons. The molecule has 2 bridgehead atoms. The van der Waals surface area contributed by atoms with Gasteiger partial charge in [0.25, 0.3) is 5.91 Å². The van der Waals surface area contributed by atoms with Crippen molar-refractivity contribution in [1.29, 1.82) is 0 Å². The van der Waals surface area contributed by atoms with E-state index in [4.69, 9.17) is 28.4 Å². The fourth-order valence-electron chi connectivity index (χ4n) is 13.7. The molecule has 1 heterocycles. The molecule has 2 saturated carbocycles. The van der Waals surface area contributed by atoms with Gasteiger partial charge in [-0.25, -0.2) is 9.59 Å². The molecular weight excluding hydrogens is 1090 g/mol. The Morgan fingerprint density at radius 1 is 0.718 bits per heavy atom. The van der Waals surface area contributed by atoms with Gasteiger partial charge in [0.05, 0.1) is 29.6 Å². The van der Waals surface area contributed by atoms with E-state index in [-0.39, 0.29) is 41.7 Å². The third-order valence-electron chi connectivity index (χ3n) is 18.4. The lowest BCUT2D eigenvalue weighted by Crippen LogP contribution is -2.82. The zero-order chi connectivity index (χ0) is 61.7. The smallest absolute Gasteiger partial charge is 0.350 e. The standard InChI is InChI=1S/C67H87NO17/c1-8-9-10-11-12-13-14-15-16-17-18-19-23-30-45(37-52(72)73)38-53(74)83-57(55(46-31-24-20-25-32-46)68-61(76)47-33-26-21-27-34-47)63(78)82-49-40-67(79)60(84-62(77)48-35-28-22-29-36-48)58-65(7,50(71)39-51-66(58,41-80-51)85-44(4)70)59(75)56(81-43(3)69)54(42(49)2)64(67,5)6/h20-22,24-29,31-36,45,49-51,55-58,60,71,79H,8-19,23,30,37-41H2,1-7H3,(H,68,76)(H,72,73)/t45?,49?,50-,51+,55?,56+,57+,58?,60?,65+,66-,67+/m0/s1. The van der Waals surface area contributed by atoms with E-state index in [2.05, 4.69) is 12.2 Å². The molecule has 3 fully saturated rings. The van der Waals surface area contributed by atoms with Gasteiger partial charge >= 0.3 is 35.8 Å². The minimum Gasteiger partial charge on any atom is -0.481 e. The number of hydrogen-bond donors (Lipinski definition) is 4. The molecule has 0 spiro atoms. The third kappa shape index (κ3) is 14.9. The summed E-state index contributed by atoms with van der Waals surface area (Å²) in [7, 11) is 0. The number of hydrogen-bond acceptors (Lipinski definition) is 16. The number of carbonyl (C=O) groups is 8. The van der Waals surface area contributed by atoms with Crippen molar-refractivity contribution in [1.82, 2.24) is 5.32 Å². The maximum atomic E-state index is 15.9. The van der Waals surface area contributed by atoms with Crippen LogP contribution in [0.25, 0.3) is 0 Å². The van der Waals surface area contributed by atoms with Gasteiger partial charge in [-0.1, -0.05) is 171 Å². The van der Waals surface area contributed by atoms with Crippen LogP contribution in [0.15, 0.2) is 102 Å². The molecule has 85 heavy (non-hydrogen) atoms. The van der Waals surface area contributed by atoms with Gasteiger partial charge in [0.1, 0.15) is 30.0 Å². The summed E-state index contributed by atoms with van der Waals surface area (Å²) >= 11 is 0. The largest absolute Gasteiger partial charge is 0.481 e. The molecule has 3 aromatic carbocycles. The number of rotatable bonds is 29. The summed E-state index contributed by atoms with van der Waals surface area (Å²) in [5, 5.41) is 39.3. The second-order valence-electron chi connectivity index (χ2n) is 24.5. The first-order valence-electron chi connectivity index (χ1n) is 30.4. The lowest BCUT2D eigenvalue weighted by atomic mass is 9.44. The van der Waals surface area contributed by atoms with Gasteiger partial charge in [-0.2, -0.15) is 0 Å². The highest BCUT2D eigenvalue weighted by atomic mass is 16.6. The predicted octanol–water partition coefficient (Wildman–Crippen LogP) is 10.2. The van der Waals surface area contributed by atoms with Crippen molar-refractivity contribution < 1.29 is 82.1 Å². The van der Waals surface area contributed by atoms with Crippen molar-refractivity contribution in [2.24, 2.45) is 22.7 Å². The van der Waals surface area contributed by atoms with E-state index >= 15 is 9.59 Å². The van der Waals surface area contributed by atoms with E-state index in [0.717, 1.165) is 46.0 Å². The first-order chi connectivity index (χ1) is 40.5. The number of aliphatic hydroxyl groups excluding tert-OH is 1. The van der Waals surface area contributed by atoms with Crippen molar-refractivity contribution in [3.63, 3.8) is 0 Å². The summed E-state index contributed by atoms with van der Waals surface area (Å²) in [5.74, 6) is -9.94. The summed E-state index contributed by atoms with van der Waals surface area (Å²) in [6.07, 6.45) is 3.07. The zero-order valence-corrected chi connectivity index (χ0v) is 50.3. The number of carboxylic acids is 1. The number of esters is 5.